The number of esters is 1. The van der Waals surface area contributed by atoms with Gasteiger partial charge in [0.15, 0.2) is 6.61 Å². The second-order valence-electron chi connectivity index (χ2n) is 7.01. The summed E-state index contributed by atoms with van der Waals surface area (Å²) in [5.74, 6) is -0.286. The summed E-state index contributed by atoms with van der Waals surface area (Å²) >= 11 is 1.16. The maximum Gasteiger partial charge on any atom is 0.316 e. The Kier molecular flexibility index (Phi) is 8.64. The third-order valence-electron chi connectivity index (χ3n) is 4.58. The van der Waals surface area contributed by atoms with E-state index in [1.807, 2.05) is 31.2 Å². The van der Waals surface area contributed by atoms with Crippen LogP contribution in [0.4, 0.5) is 5.69 Å². The molecule has 0 unspecified atom stereocenters. The average molecular weight is 393 g/mol. The first kappa shape index (κ1) is 21.3. The molecule has 2 rings (SSSR count). The van der Waals surface area contributed by atoms with Gasteiger partial charge in [-0.25, -0.2) is 0 Å². The predicted molar refractivity (Wildman–Crippen MR) is 108 cm³/mol. The number of hydrogen-bond donors (Lipinski definition) is 2. The van der Waals surface area contributed by atoms with Crippen molar-refractivity contribution in [1.82, 2.24) is 5.32 Å². The minimum absolute atomic E-state index is 0.0361. The van der Waals surface area contributed by atoms with E-state index in [1.165, 1.54) is 6.42 Å². The molecule has 0 radical (unpaired) electrons. The van der Waals surface area contributed by atoms with Gasteiger partial charge in [-0.15, -0.1) is 11.8 Å². The zero-order valence-corrected chi connectivity index (χ0v) is 16.8. The van der Waals surface area contributed by atoms with E-state index in [-0.39, 0.29) is 36.0 Å². The number of carbonyl (C=O) groups excluding carboxylic acids is 3. The summed E-state index contributed by atoms with van der Waals surface area (Å²) in [5.41, 5.74) is 1.79. The van der Waals surface area contributed by atoms with Gasteiger partial charge in [-0.05, 0) is 43.4 Å². The van der Waals surface area contributed by atoms with Gasteiger partial charge in [-0.2, -0.15) is 0 Å². The highest BCUT2D eigenvalue weighted by Gasteiger charge is 2.23. The van der Waals surface area contributed by atoms with Crippen molar-refractivity contribution in [2.45, 2.75) is 45.6 Å². The third kappa shape index (κ3) is 8.03. The summed E-state index contributed by atoms with van der Waals surface area (Å²) in [6.45, 7) is 3.82. The Morgan fingerprint density at radius 1 is 1.15 bits per heavy atom. The number of benzene rings is 1. The van der Waals surface area contributed by atoms with Crippen LogP contribution < -0.4 is 10.6 Å². The van der Waals surface area contributed by atoms with E-state index in [9.17, 15) is 14.4 Å². The van der Waals surface area contributed by atoms with E-state index in [2.05, 4.69) is 17.6 Å². The first-order valence-corrected chi connectivity index (χ1v) is 10.5. The molecule has 148 valence electrons. The van der Waals surface area contributed by atoms with E-state index < -0.39 is 5.97 Å². The monoisotopic (exact) mass is 392 g/mol. The van der Waals surface area contributed by atoms with Gasteiger partial charge < -0.3 is 15.4 Å². The van der Waals surface area contributed by atoms with Crippen molar-refractivity contribution < 1.29 is 19.1 Å². The molecule has 1 aromatic rings. The van der Waals surface area contributed by atoms with Crippen LogP contribution in [0.15, 0.2) is 24.3 Å². The maximum atomic E-state index is 11.9. The summed E-state index contributed by atoms with van der Waals surface area (Å²) in [6, 6.07) is 7.68. The minimum atomic E-state index is -0.491. The number of anilines is 1. The van der Waals surface area contributed by atoms with Crippen LogP contribution in [0.2, 0.25) is 0 Å². The normalized spacial score (nSPS) is 19.2. The summed E-state index contributed by atoms with van der Waals surface area (Å²) in [7, 11) is 0. The smallest absolute Gasteiger partial charge is 0.316 e. The molecule has 1 fully saturated rings. The summed E-state index contributed by atoms with van der Waals surface area (Å²) < 4.78 is 4.99. The molecule has 0 bridgehead atoms. The lowest BCUT2D eigenvalue weighted by molar-refractivity contribution is -0.146. The van der Waals surface area contributed by atoms with Gasteiger partial charge in [0.1, 0.15) is 0 Å². The molecule has 2 N–H and O–H groups in total. The number of nitrogens with one attached hydrogen (secondary N) is 2. The Balaban J connectivity index is 1.58. The minimum Gasteiger partial charge on any atom is -0.455 e. The lowest BCUT2D eigenvalue weighted by Crippen LogP contribution is -2.43. The second-order valence-corrected chi connectivity index (χ2v) is 7.99. The van der Waals surface area contributed by atoms with Crippen molar-refractivity contribution >= 4 is 35.2 Å². The maximum absolute atomic E-state index is 11.9. The van der Waals surface area contributed by atoms with Crippen LogP contribution in [-0.4, -0.2) is 41.9 Å². The van der Waals surface area contributed by atoms with Crippen molar-refractivity contribution in [3.05, 3.63) is 29.8 Å². The van der Waals surface area contributed by atoms with E-state index >= 15 is 0 Å². The van der Waals surface area contributed by atoms with Gasteiger partial charge in [0.25, 0.3) is 5.91 Å². The Hall–Kier alpha value is -2.02. The van der Waals surface area contributed by atoms with Gasteiger partial charge in [0, 0.05) is 11.7 Å². The molecule has 0 aromatic heterocycles. The molecule has 6 nitrogen and oxygen atoms in total. The molecule has 1 aliphatic carbocycles. The fourth-order valence-electron chi connectivity index (χ4n) is 3.11. The SMILES string of the molecule is Cc1cccc(NC(=O)CSCC(=O)OCC(=O)N[C@@H]2CCCC[C@H]2C)c1. The highest BCUT2D eigenvalue weighted by atomic mass is 32.2. The number of carbonyl (C=O) groups is 3. The summed E-state index contributed by atoms with van der Waals surface area (Å²) in [5, 5.41) is 5.72. The molecular formula is C20H28N2O4S. The standard InChI is InChI=1S/C20H28N2O4S/c1-14-6-5-8-16(10-14)21-19(24)12-27-13-20(25)26-11-18(23)22-17-9-4-3-7-15(17)2/h5-6,8,10,15,17H,3-4,7,9,11-13H2,1-2H3,(H,21,24)(H,22,23)/t15-,17-/m1/s1. The van der Waals surface area contributed by atoms with Crippen molar-refractivity contribution in [1.29, 1.82) is 0 Å². The van der Waals surface area contributed by atoms with E-state index in [0.717, 1.165) is 42.3 Å². The number of thioether (sulfide) groups is 1. The zero-order chi connectivity index (χ0) is 19.6. The Labute approximate surface area is 164 Å². The molecule has 0 aliphatic heterocycles. The van der Waals surface area contributed by atoms with Gasteiger partial charge >= 0.3 is 5.97 Å². The zero-order valence-electron chi connectivity index (χ0n) is 16.0. The fourth-order valence-corrected chi connectivity index (χ4v) is 3.72. The van der Waals surface area contributed by atoms with E-state index in [1.54, 1.807) is 0 Å². The number of ether oxygens (including phenoxy) is 1. The van der Waals surface area contributed by atoms with Crippen LogP contribution in [0.5, 0.6) is 0 Å². The van der Waals surface area contributed by atoms with Crippen LogP contribution in [-0.2, 0) is 19.1 Å². The van der Waals surface area contributed by atoms with E-state index in [0.29, 0.717) is 5.92 Å². The predicted octanol–water partition coefficient (Wildman–Crippen LogP) is 2.90. The molecule has 1 aliphatic rings. The molecule has 7 heteroatoms. The van der Waals surface area contributed by atoms with Crippen molar-refractivity contribution in [3.63, 3.8) is 0 Å². The molecule has 2 amide bonds. The van der Waals surface area contributed by atoms with Gasteiger partial charge in [-0.3, -0.25) is 14.4 Å². The Bertz CT molecular complexity index is 665. The van der Waals surface area contributed by atoms with Crippen LogP contribution in [0.3, 0.4) is 0 Å². The van der Waals surface area contributed by atoms with Gasteiger partial charge in [0.2, 0.25) is 5.91 Å². The Morgan fingerprint density at radius 3 is 2.67 bits per heavy atom. The largest absolute Gasteiger partial charge is 0.455 e. The molecule has 1 aromatic carbocycles. The third-order valence-corrected chi connectivity index (χ3v) is 5.48. The molecule has 0 heterocycles. The average Bonchev–Trinajstić information content (AvgIpc) is 2.62. The van der Waals surface area contributed by atoms with Crippen molar-refractivity contribution in [3.8, 4) is 0 Å². The van der Waals surface area contributed by atoms with E-state index in [4.69, 9.17) is 4.74 Å². The number of hydrogen-bond acceptors (Lipinski definition) is 5. The Morgan fingerprint density at radius 2 is 1.93 bits per heavy atom. The van der Waals surface area contributed by atoms with Crippen LogP contribution in [0.25, 0.3) is 0 Å². The number of rotatable bonds is 8. The second kappa shape index (κ2) is 11.0. The first-order chi connectivity index (χ1) is 12.9. The molecule has 0 spiro atoms. The van der Waals surface area contributed by atoms with Gasteiger partial charge in [-0.1, -0.05) is 31.9 Å². The summed E-state index contributed by atoms with van der Waals surface area (Å²) in [6.07, 6.45) is 4.42. The molecule has 0 saturated heterocycles. The lowest BCUT2D eigenvalue weighted by Gasteiger charge is -2.29. The van der Waals surface area contributed by atoms with Crippen molar-refractivity contribution in [2.75, 3.05) is 23.4 Å². The quantitative estimate of drug-likeness (QED) is 0.665. The first-order valence-electron chi connectivity index (χ1n) is 9.33. The number of aryl methyl sites for hydroxylation is 1. The molecule has 27 heavy (non-hydrogen) atoms. The summed E-state index contributed by atoms with van der Waals surface area (Å²) in [4.78, 5) is 35.5. The van der Waals surface area contributed by atoms with Gasteiger partial charge in [0.05, 0.1) is 11.5 Å². The number of amides is 2. The van der Waals surface area contributed by atoms with Crippen molar-refractivity contribution in [2.24, 2.45) is 5.92 Å². The highest BCUT2D eigenvalue weighted by Crippen LogP contribution is 2.23. The molecule has 2 atom stereocenters. The topological polar surface area (TPSA) is 84.5 Å². The van der Waals surface area contributed by atoms with Crippen LogP contribution >= 0.6 is 11.8 Å². The van der Waals surface area contributed by atoms with Crippen LogP contribution in [0.1, 0.15) is 38.2 Å². The highest BCUT2D eigenvalue weighted by molar-refractivity contribution is 8.00. The molecular weight excluding hydrogens is 364 g/mol. The van der Waals surface area contributed by atoms with Crippen LogP contribution in [0, 0.1) is 12.8 Å². The fraction of sp³-hybridized carbons (Fsp3) is 0.550. The lowest BCUT2D eigenvalue weighted by atomic mass is 9.86. The molecule has 1 saturated carbocycles.